The topological polar surface area (TPSA) is 53.7 Å². The molecule has 0 amide bonds. The van der Waals surface area contributed by atoms with E-state index in [9.17, 15) is 0 Å². The maximum Gasteiger partial charge on any atom is 0.175 e. The van der Waals surface area contributed by atoms with E-state index in [1.165, 1.54) is 0 Å². The summed E-state index contributed by atoms with van der Waals surface area (Å²) in [5.41, 5.74) is 5.91. The van der Waals surface area contributed by atoms with E-state index in [4.69, 9.17) is 19.9 Å². The summed E-state index contributed by atoms with van der Waals surface area (Å²) < 4.78 is 17.7. The predicted octanol–water partition coefficient (Wildman–Crippen LogP) is 2.34. The Kier molecular flexibility index (Phi) is 4.48. The predicted molar refractivity (Wildman–Crippen MR) is 73.1 cm³/mol. The molecule has 5 heteroatoms. The van der Waals surface area contributed by atoms with Crippen LogP contribution in [0.25, 0.3) is 0 Å². The molecule has 1 saturated carbocycles. The molecule has 2 N–H and O–H groups in total. The summed E-state index contributed by atoms with van der Waals surface area (Å²) in [6.07, 6.45) is 0.758. The molecule has 1 aromatic carbocycles. The van der Waals surface area contributed by atoms with E-state index in [-0.39, 0.29) is 18.2 Å². The van der Waals surface area contributed by atoms with Gasteiger partial charge < -0.3 is 19.9 Å². The number of ether oxygens (including phenoxy) is 3. The van der Waals surface area contributed by atoms with Crippen molar-refractivity contribution < 1.29 is 14.2 Å². The van der Waals surface area contributed by atoms with Crippen molar-refractivity contribution in [2.24, 2.45) is 5.73 Å². The number of rotatable bonds is 5. The van der Waals surface area contributed by atoms with Crippen molar-refractivity contribution >= 4 is 15.9 Å². The Labute approximate surface area is 116 Å². The molecule has 1 aliphatic rings. The van der Waals surface area contributed by atoms with E-state index < -0.39 is 0 Å². The van der Waals surface area contributed by atoms with Gasteiger partial charge in [-0.3, -0.25) is 0 Å². The summed E-state index contributed by atoms with van der Waals surface area (Å²) in [7, 11) is 1.63. The largest absolute Gasteiger partial charge is 0.493 e. The maximum atomic E-state index is 5.96. The summed E-state index contributed by atoms with van der Waals surface area (Å²) >= 11 is 3.47. The SMILES string of the molecule is CCOC1C(N)CC1Oc1c(Br)cccc1OC. The molecule has 3 atom stereocenters. The fourth-order valence-electron chi connectivity index (χ4n) is 2.07. The molecule has 4 nitrogen and oxygen atoms in total. The number of hydrogen-bond acceptors (Lipinski definition) is 4. The molecule has 0 radical (unpaired) electrons. The molecule has 0 bridgehead atoms. The molecular formula is C13H18BrNO3. The second-order valence-corrected chi connectivity index (χ2v) is 5.10. The summed E-state index contributed by atoms with van der Waals surface area (Å²) in [4.78, 5) is 0. The second kappa shape index (κ2) is 5.91. The fourth-order valence-corrected chi connectivity index (χ4v) is 2.51. The fraction of sp³-hybridized carbons (Fsp3) is 0.538. The van der Waals surface area contributed by atoms with Crippen LogP contribution in [0, 0.1) is 0 Å². The van der Waals surface area contributed by atoms with Crippen LogP contribution in [0.2, 0.25) is 0 Å². The van der Waals surface area contributed by atoms with Gasteiger partial charge in [0.15, 0.2) is 11.5 Å². The average Bonchev–Trinajstić information content (AvgIpc) is 2.37. The monoisotopic (exact) mass is 315 g/mol. The molecule has 18 heavy (non-hydrogen) atoms. The highest BCUT2D eigenvalue weighted by Crippen LogP contribution is 2.38. The molecule has 0 saturated heterocycles. The van der Waals surface area contributed by atoms with Crippen molar-refractivity contribution in [1.29, 1.82) is 0 Å². The molecule has 0 heterocycles. The summed E-state index contributed by atoms with van der Waals surface area (Å²) in [5, 5.41) is 0. The van der Waals surface area contributed by atoms with Crippen LogP contribution < -0.4 is 15.2 Å². The number of methoxy groups -OCH3 is 1. The Morgan fingerprint density at radius 2 is 2.22 bits per heavy atom. The van der Waals surface area contributed by atoms with Crippen molar-refractivity contribution in [2.75, 3.05) is 13.7 Å². The van der Waals surface area contributed by atoms with Gasteiger partial charge in [0.2, 0.25) is 0 Å². The normalized spacial score (nSPS) is 26.6. The van der Waals surface area contributed by atoms with Gasteiger partial charge in [-0.25, -0.2) is 0 Å². The van der Waals surface area contributed by atoms with Crippen LogP contribution in [-0.2, 0) is 4.74 Å². The minimum Gasteiger partial charge on any atom is -0.493 e. The third kappa shape index (κ3) is 2.63. The van der Waals surface area contributed by atoms with Crippen LogP contribution in [0.4, 0.5) is 0 Å². The second-order valence-electron chi connectivity index (χ2n) is 4.25. The van der Waals surface area contributed by atoms with E-state index in [0.29, 0.717) is 18.1 Å². The Hall–Kier alpha value is -0.780. The van der Waals surface area contributed by atoms with Crippen molar-refractivity contribution in [3.63, 3.8) is 0 Å². The maximum absolute atomic E-state index is 5.96. The van der Waals surface area contributed by atoms with Crippen LogP contribution in [0.5, 0.6) is 11.5 Å². The summed E-state index contributed by atoms with van der Waals surface area (Å²) in [6, 6.07) is 5.76. The van der Waals surface area contributed by atoms with Gasteiger partial charge in [-0.15, -0.1) is 0 Å². The number of hydrogen-bond donors (Lipinski definition) is 1. The first-order valence-corrected chi connectivity index (χ1v) is 6.83. The minimum atomic E-state index is -0.0354. The van der Waals surface area contributed by atoms with Crippen molar-refractivity contribution in [3.8, 4) is 11.5 Å². The van der Waals surface area contributed by atoms with Crippen molar-refractivity contribution in [2.45, 2.75) is 31.6 Å². The van der Waals surface area contributed by atoms with Crippen LogP contribution in [0.1, 0.15) is 13.3 Å². The third-order valence-electron chi connectivity index (χ3n) is 3.07. The Bertz CT molecular complexity index is 413. The van der Waals surface area contributed by atoms with Gasteiger partial charge in [-0.2, -0.15) is 0 Å². The Morgan fingerprint density at radius 1 is 1.44 bits per heavy atom. The molecule has 0 aliphatic heterocycles. The van der Waals surface area contributed by atoms with E-state index in [0.717, 1.165) is 10.9 Å². The molecule has 2 rings (SSSR count). The van der Waals surface area contributed by atoms with Crippen LogP contribution >= 0.6 is 15.9 Å². The Balaban J connectivity index is 2.10. The zero-order valence-corrected chi connectivity index (χ0v) is 12.1. The van der Waals surface area contributed by atoms with Crippen molar-refractivity contribution in [3.05, 3.63) is 22.7 Å². The van der Waals surface area contributed by atoms with Crippen LogP contribution in [-0.4, -0.2) is 32.0 Å². The van der Waals surface area contributed by atoms with Crippen LogP contribution in [0.15, 0.2) is 22.7 Å². The molecular weight excluding hydrogens is 298 g/mol. The zero-order valence-electron chi connectivity index (χ0n) is 10.6. The molecule has 3 unspecified atom stereocenters. The lowest BCUT2D eigenvalue weighted by atomic mass is 9.86. The van der Waals surface area contributed by atoms with Gasteiger partial charge >= 0.3 is 0 Å². The number of benzene rings is 1. The molecule has 100 valence electrons. The van der Waals surface area contributed by atoms with E-state index >= 15 is 0 Å². The zero-order chi connectivity index (χ0) is 13.1. The molecule has 1 aliphatic carbocycles. The number of nitrogens with two attached hydrogens (primary N) is 1. The van der Waals surface area contributed by atoms with E-state index in [1.54, 1.807) is 7.11 Å². The number of para-hydroxylation sites is 1. The summed E-state index contributed by atoms with van der Waals surface area (Å²) in [6.45, 7) is 2.60. The lowest BCUT2D eigenvalue weighted by Gasteiger charge is -2.41. The first-order chi connectivity index (χ1) is 8.67. The first kappa shape index (κ1) is 13.6. The van der Waals surface area contributed by atoms with Gasteiger partial charge in [-0.1, -0.05) is 6.07 Å². The lowest BCUT2D eigenvalue weighted by molar-refractivity contribution is -0.0952. The summed E-state index contributed by atoms with van der Waals surface area (Å²) in [5.74, 6) is 1.42. The van der Waals surface area contributed by atoms with E-state index in [2.05, 4.69) is 15.9 Å². The molecule has 0 spiro atoms. The van der Waals surface area contributed by atoms with Crippen molar-refractivity contribution in [1.82, 2.24) is 0 Å². The smallest absolute Gasteiger partial charge is 0.175 e. The number of halogens is 1. The molecule has 1 aromatic rings. The standard InChI is InChI=1S/C13H18BrNO3/c1-3-17-13-9(15)7-11(13)18-12-8(14)5-4-6-10(12)16-2/h4-6,9,11,13H,3,7,15H2,1-2H3. The highest BCUT2D eigenvalue weighted by atomic mass is 79.9. The van der Waals surface area contributed by atoms with Gasteiger partial charge in [0.1, 0.15) is 12.2 Å². The first-order valence-electron chi connectivity index (χ1n) is 6.03. The van der Waals surface area contributed by atoms with Crippen LogP contribution in [0.3, 0.4) is 0 Å². The average molecular weight is 316 g/mol. The third-order valence-corrected chi connectivity index (χ3v) is 3.70. The minimum absolute atomic E-state index is 0.00690. The molecule has 1 fully saturated rings. The Morgan fingerprint density at radius 3 is 2.83 bits per heavy atom. The van der Waals surface area contributed by atoms with Gasteiger partial charge in [-0.05, 0) is 35.0 Å². The molecule has 0 aromatic heterocycles. The highest BCUT2D eigenvalue weighted by molar-refractivity contribution is 9.10. The van der Waals surface area contributed by atoms with E-state index in [1.807, 2.05) is 25.1 Å². The van der Waals surface area contributed by atoms with Gasteiger partial charge in [0.25, 0.3) is 0 Å². The van der Waals surface area contributed by atoms with Gasteiger partial charge in [0.05, 0.1) is 11.6 Å². The van der Waals surface area contributed by atoms with Gasteiger partial charge in [0, 0.05) is 19.1 Å². The quantitative estimate of drug-likeness (QED) is 0.906. The lowest BCUT2D eigenvalue weighted by Crippen LogP contribution is -2.59. The highest BCUT2D eigenvalue weighted by Gasteiger charge is 2.42.